The molecular weight excluding hydrogens is 248 g/mol. The Morgan fingerprint density at radius 2 is 2.50 bits per heavy atom. The quantitative estimate of drug-likeness (QED) is 0.878. The second-order valence-electron chi connectivity index (χ2n) is 4.35. The van der Waals surface area contributed by atoms with E-state index in [9.17, 15) is 4.79 Å². The Morgan fingerprint density at radius 3 is 3.22 bits per heavy atom. The molecule has 0 aliphatic carbocycles. The number of nitrogens with zero attached hydrogens (tertiary/aromatic N) is 3. The summed E-state index contributed by atoms with van der Waals surface area (Å²) in [4.78, 5) is 22.1. The van der Waals surface area contributed by atoms with Crippen LogP contribution in [0.2, 0.25) is 0 Å². The van der Waals surface area contributed by atoms with E-state index >= 15 is 0 Å². The van der Waals surface area contributed by atoms with E-state index in [1.807, 2.05) is 6.26 Å². The normalized spacial score (nSPS) is 19.6. The molecule has 0 unspecified atom stereocenters. The third-order valence-corrected chi connectivity index (χ3v) is 3.49. The van der Waals surface area contributed by atoms with Crippen LogP contribution in [0.25, 0.3) is 0 Å². The van der Waals surface area contributed by atoms with E-state index < -0.39 is 0 Å². The molecule has 1 amide bonds. The van der Waals surface area contributed by atoms with Gasteiger partial charge < -0.3 is 10.2 Å². The van der Waals surface area contributed by atoms with E-state index in [4.69, 9.17) is 0 Å². The number of hydrogen-bond donors (Lipinski definition) is 1. The highest BCUT2D eigenvalue weighted by molar-refractivity contribution is 7.99. The number of thioether (sulfide) groups is 1. The number of hydrogen-bond acceptors (Lipinski definition) is 5. The van der Waals surface area contributed by atoms with Crippen LogP contribution < -0.4 is 10.2 Å². The van der Waals surface area contributed by atoms with Crippen LogP contribution in [0.4, 0.5) is 5.82 Å². The standard InChI is InChI=1S/C12H18N4OS/c1-18-9-12(17)15-10-3-2-6-16(8-10)11-7-13-4-5-14-11/h4-5,7,10H,2-3,6,8-9H2,1H3,(H,15,17)/t10-/m1/s1. The first-order chi connectivity index (χ1) is 8.79. The number of carbonyl (C=O) groups is 1. The van der Waals surface area contributed by atoms with Crippen molar-refractivity contribution < 1.29 is 4.79 Å². The second kappa shape index (κ2) is 6.58. The minimum Gasteiger partial charge on any atom is -0.353 e. The third kappa shape index (κ3) is 3.60. The Hall–Kier alpha value is -1.30. The zero-order valence-electron chi connectivity index (χ0n) is 10.5. The molecule has 1 atom stereocenters. The zero-order chi connectivity index (χ0) is 12.8. The number of rotatable bonds is 4. The number of carbonyl (C=O) groups excluding carboxylic acids is 1. The topological polar surface area (TPSA) is 58.1 Å². The van der Waals surface area contributed by atoms with Gasteiger partial charge in [-0.3, -0.25) is 9.78 Å². The Morgan fingerprint density at radius 1 is 1.61 bits per heavy atom. The van der Waals surface area contributed by atoms with Crippen LogP contribution in [-0.4, -0.2) is 47.0 Å². The number of anilines is 1. The lowest BCUT2D eigenvalue weighted by Gasteiger charge is -2.33. The highest BCUT2D eigenvalue weighted by atomic mass is 32.2. The van der Waals surface area contributed by atoms with Crippen LogP contribution in [0.5, 0.6) is 0 Å². The van der Waals surface area contributed by atoms with E-state index in [1.54, 1.807) is 30.4 Å². The summed E-state index contributed by atoms with van der Waals surface area (Å²) in [6.45, 7) is 1.80. The summed E-state index contributed by atoms with van der Waals surface area (Å²) in [6, 6.07) is 0.223. The number of piperidine rings is 1. The predicted molar refractivity (Wildman–Crippen MR) is 73.8 cm³/mol. The van der Waals surface area contributed by atoms with Crippen LogP contribution in [0.3, 0.4) is 0 Å². The zero-order valence-corrected chi connectivity index (χ0v) is 11.3. The lowest BCUT2D eigenvalue weighted by molar-refractivity contribution is -0.119. The minimum atomic E-state index is 0.119. The van der Waals surface area contributed by atoms with Gasteiger partial charge in [-0.15, -0.1) is 0 Å². The Labute approximate surface area is 111 Å². The lowest BCUT2D eigenvalue weighted by atomic mass is 10.1. The van der Waals surface area contributed by atoms with Gasteiger partial charge in [0.15, 0.2) is 0 Å². The van der Waals surface area contributed by atoms with Crippen molar-refractivity contribution in [3.63, 3.8) is 0 Å². The number of nitrogens with one attached hydrogen (secondary N) is 1. The molecule has 1 aliphatic rings. The van der Waals surface area contributed by atoms with Gasteiger partial charge in [-0.1, -0.05) is 0 Å². The highest BCUT2D eigenvalue weighted by Crippen LogP contribution is 2.16. The molecule has 98 valence electrons. The molecule has 2 heterocycles. The summed E-state index contributed by atoms with van der Waals surface area (Å²) in [7, 11) is 0. The van der Waals surface area contributed by atoms with Crippen LogP contribution in [-0.2, 0) is 4.79 Å². The average molecular weight is 266 g/mol. The highest BCUT2D eigenvalue weighted by Gasteiger charge is 2.22. The van der Waals surface area contributed by atoms with Gasteiger partial charge in [-0.05, 0) is 19.1 Å². The van der Waals surface area contributed by atoms with E-state index in [0.717, 1.165) is 31.7 Å². The van der Waals surface area contributed by atoms with Crippen molar-refractivity contribution in [3.05, 3.63) is 18.6 Å². The van der Waals surface area contributed by atoms with Gasteiger partial charge >= 0.3 is 0 Å². The van der Waals surface area contributed by atoms with Crippen LogP contribution in [0.1, 0.15) is 12.8 Å². The fraction of sp³-hybridized carbons (Fsp3) is 0.583. The largest absolute Gasteiger partial charge is 0.353 e. The average Bonchev–Trinajstić information content (AvgIpc) is 2.40. The van der Waals surface area contributed by atoms with E-state index in [-0.39, 0.29) is 11.9 Å². The van der Waals surface area contributed by atoms with Gasteiger partial charge in [-0.2, -0.15) is 11.8 Å². The molecule has 18 heavy (non-hydrogen) atoms. The van der Waals surface area contributed by atoms with Crippen molar-refractivity contribution in [2.24, 2.45) is 0 Å². The maximum atomic E-state index is 11.6. The van der Waals surface area contributed by atoms with E-state index in [0.29, 0.717) is 5.75 Å². The lowest BCUT2D eigenvalue weighted by Crippen LogP contribution is -2.48. The maximum Gasteiger partial charge on any atom is 0.230 e. The molecule has 1 aromatic rings. The van der Waals surface area contributed by atoms with Gasteiger partial charge in [0, 0.05) is 31.5 Å². The first-order valence-corrected chi connectivity index (χ1v) is 7.48. The first kappa shape index (κ1) is 13.1. The van der Waals surface area contributed by atoms with Gasteiger partial charge in [0.05, 0.1) is 11.9 Å². The summed E-state index contributed by atoms with van der Waals surface area (Å²) in [5.41, 5.74) is 0. The van der Waals surface area contributed by atoms with Gasteiger partial charge in [-0.25, -0.2) is 4.98 Å². The van der Waals surface area contributed by atoms with Crippen LogP contribution >= 0.6 is 11.8 Å². The summed E-state index contributed by atoms with van der Waals surface area (Å²) in [6.07, 6.45) is 9.19. The summed E-state index contributed by atoms with van der Waals surface area (Å²) in [5, 5.41) is 3.07. The van der Waals surface area contributed by atoms with Crippen molar-refractivity contribution in [2.45, 2.75) is 18.9 Å². The van der Waals surface area contributed by atoms with Crippen LogP contribution in [0.15, 0.2) is 18.6 Å². The van der Waals surface area contributed by atoms with Crippen molar-refractivity contribution in [1.82, 2.24) is 15.3 Å². The Balaban J connectivity index is 1.91. The monoisotopic (exact) mass is 266 g/mol. The van der Waals surface area contributed by atoms with Crippen LogP contribution in [0, 0.1) is 0 Å². The van der Waals surface area contributed by atoms with Crippen molar-refractivity contribution in [2.75, 3.05) is 30.0 Å². The fourth-order valence-corrected chi connectivity index (χ4v) is 2.50. The third-order valence-electron chi connectivity index (χ3n) is 2.94. The molecular formula is C12H18N4OS. The SMILES string of the molecule is CSCC(=O)N[C@@H]1CCCN(c2cnccn2)C1. The van der Waals surface area contributed by atoms with Gasteiger partial charge in [0.2, 0.25) is 5.91 Å². The summed E-state index contributed by atoms with van der Waals surface area (Å²) < 4.78 is 0. The molecule has 2 rings (SSSR count). The summed E-state index contributed by atoms with van der Waals surface area (Å²) in [5.74, 6) is 1.54. The molecule has 1 fully saturated rings. The maximum absolute atomic E-state index is 11.6. The fourth-order valence-electron chi connectivity index (χ4n) is 2.16. The van der Waals surface area contributed by atoms with Gasteiger partial charge in [0.1, 0.15) is 5.82 Å². The molecule has 0 spiro atoms. The van der Waals surface area contributed by atoms with Crippen molar-refractivity contribution >= 4 is 23.5 Å². The molecule has 1 N–H and O–H groups in total. The molecule has 0 radical (unpaired) electrons. The smallest absolute Gasteiger partial charge is 0.230 e. The van der Waals surface area contributed by atoms with E-state index in [2.05, 4.69) is 20.2 Å². The molecule has 1 saturated heterocycles. The number of aromatic nitrogens is 2. The molecule has 0 bridgehead atoms. The Kier molecular flexibility index (Phi) is 4.81. The Bertz CT molecular complexity index is 387. The number of amides is 1. The molecule has 0 saturated carbocycles. The minimum absolute atomic E-state index is 0.119. The molecule has 5 nitrogen and oxygen atoms in total. The summed E-state index contributed by atoms with van der Waals surface area (Å²) >= 11 is 1.55. The molecule has 1 aliphatic heterocycles. The molecule has 1 aromatic heterocycles. The molecule has 0 aromatic carbocycles. The first-order valence-electron chi connectivity index (χ1n) is 6.09. The van der Waals surface area contributed by atoms with Gasteiger partial charge in [0.25, 0.3) is 0 Å². The predicted octanol–water partition coefficient (Wildman–Crippen LogP) is 0.925. The van der Waals surface area contributed by atoms with Crippen molar-refractivity contribution in [3.8, 4) is 0 Å². The molecule has 6 heteroatoms. The second-order valence-corrected chi connectivity index (χ2v) is 5.22. The van der Waals surface area contributed by atoms with E-state index in [1.165, 1.54) is 0 Å². The van der Waals surface area contributed by atoms with Crippen molar-refractivity contribution in [1.29, 1.82) is 0 Å².